The second kappa shape index (κ2) is 10.8. The number of rotatable bonds is 6. The Balaban J connectivity index is 0.00000280. The van der Waals surface area contributed by atoms with Crippen molar-refractivity contribution in [1.29, 1.82) is 0 Å². The van der Waals surface area contributed by atoms with Gasteiger partial charge in [0, 0.05) is 51.4 Å². The Labute approximate surface area is 174 Å². The fourth-order valence-corrected chi connectivity index (χ4v) is 4.34. The van der Waals surface area contributed by atoms with Crippen LogP contribution in [0.2, 0.25) is 0 Å². The molecule has 0 bridgehead atoms. The molecule has 0 aromatic carbocycles. The van der Waals surface area contributed by atoms with E-state index in [0.29, 0.717) is 32.6 Å². The van der Waals surface area contributed by atoms with Crippen LogP contribution in [-0.2, 0) is 16.6 Å². The topological polar surface area (TPSA) is 70.5 Å². The molecule has 28 heavy (non-hydrogen) atoms. The summed E-state index contributed by atoms with van der Waals surface area (Å²) in [6.07, 6.45) is 11.9. The molecule has 1 aliphatic heterocycles. The van der Waals surface area contributed by atoms with Crippen molar-refractivity contribution in [1.82, 2.24) is 24.9 Å². The first-order valence-electron chi connectivity index (χ1n) is 10.3. The fourth-order valence-electron chi connectivity index (χ4n) is 4.34. The van der Waals surface area contributed by atoms with Crippen LogP contribution in [0, 0.1) is 5.92 Å². The third-order valence-corrected chi connectivity index (χ3v) is 6.03. The number of likely N-dealkylation sites (N-methyl/N-ethyl adjacent to an activating group) is 1. The molecule has 158 valence electrons. The van der Waals surface area contributed by atoms with Crippen LogP contribution in [0.25, 0.3) is 0 Å². The maximum atomic E-state index is 12.9. The minimum Gasteiger partial charge on any atom is -0.339 e. The molecule has 3 rings (SSSR count). The summed E-state index contributed by atoms with van der Waals surface area (Å²) in [6, 6.07) is -0.382. The molecule has 1 aliphatic carbocycles. The summed E-state index contributed by atoms with van der Waals surface area (Å²) in [5.74, 6) is 1.05. The van der Waals surface area contributed by atoms with Crippen molar-refractivity contribution in [3.63, 3.8) is 0 Å². The summed E-state index contributed by atoms with van der Waals surface area (Å²) in [5.41, 5.74) is 0.871. The van der Waals surface area contributed by atoms with Crippen molar-refractivity contribution < 1.29 is 9.59 Å². The highest BCUT2D eigenvalue weighted by molar-refractivity contribution is 5.85. The van der Waals surface area contributed by atoms with Gasteiger partial charge in [-0.05, 0) is 19.4 Å². The number of nitrogens with one attached hydrogen (secondary N) is 1. The van der Waals surface area contributed by atoms with Gasteiger partial charge < -0.3 is 15.1 Å². The van der Waals surface area contributed by atoms with Crippen LogP contribution in [0.3, 0.4) is 0 Å². The third kappa shape index (κ3) is 5.70. The van der Waals surface area contributed by atoms with E-state index in [2.05, 4.69) is 10.4 Å². The predicted molar refractivity (Wildman–Crippen MR) is 111 cm³/mol. The molecule has 1 aromatic heterocycles. The molecule has 1 saturated carbocycles. The lowest BCUT2D eigenvalue weighted by atomic mass is 9.86. The zero-order valence-electron chi connectivity index (χ0n) is 17.1. The van der Waals surface area contributed by atoms with Crippen LogP contribution in [-0.4, -0.2) is 64.6 Å². The van der Waals surface area contributed by atoms with Crippen LogP contribution in [0.1, 0.15) is 56.6 Å². The van der Waals surface area contributed by atoms with E-state index in [1.807, 2.05) is 23.0 Å². The van der Waals surface area contributed by atoms with E-state index < -0.39 is 0 Å². The van der Waals surface area contributed by atoms with Gasteiger partial charge in [-0.3, -0.25) is 14.3 Å². The SMILES string of the molecule is CNC(C(=O)N1CCN(C(=O)CCC2CCCCC2)CC1)c1cnn(C)c1.Cl. The number of amides is 2. The van der Waals surface area contributed by atoms with Gasteiger partial charge in [0.15, 0.2) is 0 Å². The maximum Gasteiger partial charge on any atom is 0.244 e. The lowest BCUT2D eigenvalue weighted by Gasteiger charge is -2.36. The number of hydrogen-bond donors (Lipinski definition) is 1. The van der Waals surface area contributed by atoms with Gasteiger partial charge in [0.25, 0.3) is 0 Å². The van der Waals surface area contributed by atoms with Crippen LogP contribution in [0.15, 0.2) is 12.4 Å². The Morgan fingerprint density at radius 1 is 1.14 bits per heavy atom. The smallest absolute Gasteiger partial charge is 0.244 e. The van der Waals surface area contributed by atoms with Gasteiger partial charge in [-0.25, -0.2) is 0 Å². The fraction of sp³-hybridized carbons (Fsp3) is 0.750. The van der Waals surface area contributed by atoms with Gasteiger partial charge >= 0.3 is 0 Å². The quantitative estimate of drug-likeness (QED) is 0.778. The Morgan fingerprint density at radius 3 is 2.36 bits per heavy atom. The first-order valence-corrected chi connectivity index (χ1v) is 10.3. The van der Waals surface area contributed by atoms with Gasteiger partial charge in [0.2, 0.25) is 11.8 Å². The number of carbonyl (C=O) groups is 2. The summed E-state index contributed by atoms with van der Waals surface area (Å²) in [5, 5.41) is 7.25. The van der Waals surface area contributed by atoms with Crippen molar-refractivity contribution in [2.24, 2.45) is 13.0 Å². The van der Waals surface area contributed by atoms with Crippen LogP contribution >= 0.6 is 12.4 Å². The Morgan fingerprint density at radius 2 is 1.79 bits per heavy atom. The molecular weight excluding hydrogens is 378 g/mol. The second-order valence-corrected chi connectivity index (χ2v) is 7.92. The van der Waals surface area contributed by atoms with Gasteiger partial charge in [-0.2, -0.15) is 5.10 Å². The van der Waals surface area contributed by atoms with E-state index >= 15 is 0 Å². The minimum atomic E-state index is -0.382. The molecule has 2 amide bonds. The van der Waals surface area contributed by atoms with Crippen molar-refractivity contribution in [3.05, 3.63) is 18.0 Å². The number of carbonyl (C=O) groups excluding carboxylic acids is 2. The largest absolute Gasteiger partial charge is 0.339 e. The van der Waals surface area contributed by atoms with E-state index in [-0.39, 0.29) is 30.3 Å². The molecule has 2 fully saturated rings. The number of piperazine rings is 1. The second-order valence-electron chi connectivity index (χ2n) is 7.92. The molecule has 2 aliphatic rings. The average Bonchev–Trinajstić information content (AvgIpc) is 3.13. The monoisotopic (exact) mass is 411 g/mol. The number of hydrogen-bond acceptors (Lipinski definition) is 4. The Kier molecular flexibility index (Phi) is 8.76. The third-order valence-electron chi connectivity index (χ3n) is 6.03. The number of halogens is 1. The maximum absolute atomic E-state index is 12.9. The molecule has 0 spiro atoms. The van der Waals surface area contributed by atoms with E-state index in [4.69, 9.17) is 0 Å². The predicted octanol–water partition coefficient (Wildman–Crippen LogP) is 2.13. The van der Waals surface area contributed by atoms with Crippen molar-refractivity contribution in [3.8, 4) is 0 Å². The first kappa shape index (κ1) is 22.7. The van der Waals surface area contributed by atoms with E-state index in [0.717, 1.165) is 17.9 Å². The van der Waals surface area contributed by atoms with E-state index in [1.165, 1.54) is 32.1 Å². The molecule has 1 unspecified atom stereocenters. The van der Waals surface area contributed by atoms with E-state index in [1.54, 1.807) is 17.9 Å². The zero-order valence-corrected chi connectivity index (χ0v) is 17.9. The molecule has 1 saturated heterocycles. The molecule has 1 atom stereocenters. The summed E-state index contributed by atoms with van der Waals surface area (Å²) >= 11 is 0. The van der Waals surface area contributed by atoms with E-state index in [9.17, 15) is 9.59 Å². The Bertz CT molecular complexity index is 636. The average molecular weight is 412 g/mol. The minimum absolute atomic E-state index is 0. The highest BCUT2D eigenvalue weighted by Crippen LogP contribution is 2.27. The van der Waals surface area contributed by atoms with Gasteiger partial charge in [-0.1, -0.05) is 32.1 Å². The summed E-state index contributed by atoms with van der Waals surface area (Å²) in [7, 11) is 3.64. The van der Waals surface area contributed by atoms with Crippen LogP contribution in [0.5, 0.6) is 0 Å². The first-order chi connectivity index (χ1) is 13.1. The molecule has 7 nitrogen and oxygen atoms in total. The molecule has 1 N–H and O–H groups in total. The highest BCUT2D eigenvalue weighted by atomic mass is 35.5. The van der Waals surface area contributed by atoms with Crippen LogP contribution in [0.4, 0.5) is 0 Å². The number of aryl methyl sites for hydroxylation is 1. The summed E-state index contributed by atoms with van der Waals surface area (Å²) < 4.78 is 1.70. The van der Waals surface area contributed by atoms with Crippen molar-refractivity contribution in [2.45, 2.75) is 51.0 Å². The van der Waals surface area contributed by atoms with Gasteiger partial charge in [-0.15, -0.1) is 12.4 Å². The van der Waals surface area contributed by atoms with Crippen molar-refractivity contribution >= 4 is 24.2 Å². The molecule has 1 aromatic rings. The van der Waals surface area contributed by atoms with Crippen molar-refractivity contribution in [2.75, 3.05) is 33.2 Å². The van der Waals surface area contributed by atoms with Gasteiger partial charge in [0.05, 0.1) is 6.20 Å². The normalized spacial score (nSPS) is 19.2. The summed E-state index contributed by atoms with van der Waals surface area (Å²) in [4.78, 5) is 29.2. The molecule has 0 radical (unpaired) electrons. The highest BCUT2D eigenvalue weighted by Gasteiger charge is 2.29. The van der Waals surface area contributed by atoms with Crippen LogP contribution < -0.4 is 5.32 Å². The van der Waals surface area contributed by atoms with Gasteiger partial charge in [0.1, 0.15) is 6.04 Å². The molecule has 2 heterocycles. The lowest BCUT2D eigenvalue weighted by molar-refractivity contribution is -0.141. The summed E-state index contributed by atoms with van der Waals surface area (Å²) in [6.45, 7) is 2.48. The standard InChI is InChI=1S/C20H33N5O2.ClH/c1-21-19(17-14-22-23(2)15-17)20(27)25-12-10-24(11-13-25)18(26)9-8-16-6-4-3-5-7-16;/h14-16,19,21H,3-13H2,1-2H3;1H. The molecular formula is C20H34ClN5O2. The zero-order chi connectivity index (χ0) is 19.2. The number of nitrogens with zero attached hydrogens (tertiary/aromatic N) is 4. The number of aromatic nitrogens is 2. The Hall–Kier alpha value is -1.60. The molecule has 8 heteroatoms. The lowest BCUT2D eigenvalue weighted by Crippen LogP contribution is -2.52.